The molecule has 1 aliphatic heterocycles. The van der Waals surface area contributed by atoms with Crippen molar-refractivity contribution in [2.75, 3.05) is 38.2 Å². The molecular weight excluding hydrogens is 400 g/mol. The molecule has 0 atom stereocenters. The quantitative estimate of drug-likeness (QED) is 0.375. The van der Waals surface area contributed by atoms with E-state index in [0.717, 1.165) is 0 Å². The van der Waals surface area contributed by atoms with E-state index >= 15 is 0 Å². The standard InChI is InChI=1S/C18H20N4O4S2/c1-2-21-17(25)13(28-18(21)27)11-12-15(19-6-9-26-10-8-23)20-14-5-3-4-7-22(14)16(12)24/h3-5,7,11,19,23H,2,6,8-10H2,1H3/b13-11+. The minimum Gasteiger partial charge on any atom is -0.394 e. The zero-order valence-electron chi connectivity index (χ0n) is 15.3. The molecular formula is C18H20N4O4S2. The number of amides is 1. The molecule has 0 spiro atoms. The molecule has 0 unspecified atom stereocenters. The summed E-state index contributed by atoms with van der Waals surface area (Å²) in [6.07, 6.45) is 3.17. The number of fused-ring (bicyclic) bond motifs is 1. The third-order valence-corrected chi connectivity index (χ3v) is 5.39. The van der Waals surface area contributed by atoms with Crippen LogP contribution in [-0.2, 0) is 9.53 Å². The van der Waals surface area contributed by atoms with Crippen LogP contribution in [0.2, 0.25) is 0 Å². The van der Waals surface area contributed by atoms with Gasteiger partial charge in [0.25, 0.3) is 11.5 Å². The minimum atomic E-state index is -0.286. The van der Waals surface area contributed by atoms with Crippen molar-refractivity contribution in [2.45, 2.75) is 6.92 Å². The number of rotatable bonds is 8. The summed E-state index contributed by atoms with van der Waals surface area (Å²) in [4.78, 5) is 31.9. The molecule has 0 radical (unpaired) electrons. The van der Waals surface area contributed by atoms with Crippen LogP contribution in [0.1, 0.15) is 12.5 Å². The van der Waals surface area contributed by atoms with Crippen molar-refractivity contribution in [2.24, 2.45) is 0 Å². The van der Waals surface area contributed by atoms with E-state index in [1.165, 1.54) is 21.1 Å². The predicted octanol–water partition coefficient (Wildman–Crippen LogP) is 1.34. The number of likely N-dealkylation sites (N-methyl/N-ethyl adjacent to an activating group) is 1. The summed E-state index contributed by atoms with van der Waals surface area (Å²) in [5.41, 5.74) is 0.484. The highest BCUT2D eigenvalue weighted by atomic mass is 32.2. The Morgan fingerprint density at radius 1 is 1.36 bits per heavy atom. The number of pyridine rings is 1. The van der Waals surface area contributed by atoms with Crippen LogP contribution >= 0.6 is 24.0 Å². The van der Waals surface area contributed by atoms with Gasteiger partial charge in [0.15, 0.2) is 0 Å². The van der Waals surface area contributed by atoms with Gasteiger partial charge in [0, 0.05) is 19.3 Å². The molecule has 148 valence electrons. The van der Waals surface area contributed by atoms with Gasteiger partial charge < -0.3 is 15.2 Å². The average molecular weight is 421 g/mol. The zero-order chi connectivity index (χ0) is 20.1. The first-order valence-corrected chi connectivity index (χ1v) is 9.98. The summed E-state index contributed by atoms with van der Waals surface area (Å²) in [6.45, 7) is 3.24. The van der Waals surface area contributed by atoms with Crippen molar-refractivity contribution in [1.29, 1.82) is 0 Å². The third kappa shape index (κ3) is 4.25. The van der Waals surface area contributed by atoms with E-state index < -0.39 is 0 Å². The number of aliphatic hydroxyl groups is 1. The van der Waals surface area contributed by atoms with Crippen molar-refractivity contribution in [3.05, 3.63) is 45.2 Å². The van der Waals surface area contributed by atoms with Crippen LogP contribution in [0.4, 0.5) is 5.82 Å². The first kappa shape index (κ1) is 20.5. The number of ether oxygens (including phenoxy) is 1. The third-order valence-electron chi connectivity index (χ3n) is 4.01. The number of carbonyl (C=O) groups is 1. The fraction of sp³-hybridized carbons (Fsp3) is 0.333. The van der Waals surface area contributed by atoms with Gasteiger partial charge in [-0.2, -0.15) is 0 Å². The Morgan fingerprint density at radius 2 is 2.18 bits per heavy atom. The Balaban J connectivity index is 1.99. The molecule has 8 nitrogen and oxygen atoms in total. The lowest BCUT2D eigenvalue weighted by molar-refractivity contribution is -0.121. The fourth-order valence-electron chi connectivity index (χ4n) is 2.68. The van der Waals surface area contributed by atoms with Gasteiger partial charge >= 0.3 is 0 Å². The summed E-state index contributed by atoms with van der Waals surface area (Å²) in [5, 5.41) is 11.9. The molecule has 3 rings (SSSR count). The number of carbonyl (C=O) groups excluding carboxylic acids is 1. The highest BCUT2D eigenvalue weighted by Crippen LogP contribution is 2.32. The lowest BCUT2D eigenvalue weighted by Crippen LogP contribution is -2.27. The van der Waals surface area contributed by atoms with Gasteiger partial charge in [-0.05, 0) is 25.1 Å². The SMILES string of the molecule is CCN1C(=O)/C(=C\c2c(NCCOCCO)nc3ccccn3c2=O)SC1=S. The van der Waals surface area contributed by atoms with Gasteiger partial charge in [0.2, 0.25) is 0 Å². The molecule has 28 heavy (non-hydrogen) atoms. The largest absolute Gasteiger partial charge is 0.394 e. The number of hydrogen-bond donors (Lipinski definition) is 2. The second-order valence-electron chi connectivity index (χ2n) is 5.80. The van der Waals surface area contributed by atoms with E-state index in [4.69, 9.17) is 22.1 Å². The number of nitrogens with zero attached hydrogens (tertiary/aromatic N) is 3. The first-order valence-electron chi connectivity index (χ1n) is 8.76. The molecule has 2 aromatic rings. The molecule has 0 aromatic carbocycles. The molecule has 1 fully saturated rings. The lowest BCUT2D eigenvalue weighted by atomic mass is 10.2. The minimum absolute atomic E-state index is 0.0555. The summed E-state index contributed by atoms with van der Waals surface area (Å²) < 4.78 is 7.14. The molecule has 0 saturated carbocycles. The number of aromatic nitrogens is 2. The van der Waals surface area contributed by atoms with Crippen LogP contribution < -0.4 is 10.9 Å². The second-order valence-corrected chi connectivity index (χ2v) is 7.47. The predicted molar refractivity (Wildman–Crippen MR) is 113 cm³/mol. The van der Waals surface area contributed by atoms with Gasteiger partial charge in [-0.15, -0.1) is 0 Å². The molecule has 0 aliphatic carbocycles. The fourth-order valence-corrected chi connectivity index (χ4v) is 4.05. The summed E-state index contributed by atoms with van der Waals surface area (Å²) >= 11 is 6.41. The van der Waals surface area contributed by atoms with Crippen LogP contribution in [-0.4, -0.2) is 62.5 Å². The van der Waals surface area contributed by atoms with Gasteiger partial charge in [-0.1, -0.05) is 30.0 Å². The number of hydrogen-bond acceptors (Lipinski definition) is 8. The van der Waals surface area contributed by atoms with E-state index in [9.17, 15) is 9.59 Å². The molecule has 1 amide bonds. The Labute approximate surface area is 171 Å². The highest BCUT2D eigenvalue weighted by Gasteiger charge is 2.31. The van der Waals surface area contributed by atoms with Gasteiger partial charge in [-0.3, -0.25) is 18.9 Å². The Kier molecular flexibility index (Phi) is 6.79. The Morgan fingerprint density at radius 3 is 2.89 bits per heavy atom. The maximum atomic E-state index is 13.0. The van der Waals surface area contributed by atoms with Crippen LogP contribution in [0, 0.1) is 0 Å². The summed E-state index contributed by atoms with van der Waals surface area (Å²) in [6, 6.07) is 5.27. The summed E-state index contributed by atoms with van der Waals surface area (Å²) in [5.74, 6) is 0.151. The van der Waals surface area contributed by atoms with Crippen molar-refractivity contribution >= 4 is 51.7 Å². The van der Waals surface area contributed by atoms with Crippen LogP contribution in [0.5, 0.6) is 0 Å². The Bertz CT molecular complexity index is 989. The smallest absolute Gasteiger partial charge is 0.267 e. The van der Waals surface area contributed by atoms with Crippen molar-refractivity contribution in [1.82, 2.24) is 14.3 Å². The van der Waals surface area contributed by atoms with Crippen molar-refractivity contribution in [3.8, 4) is 0 Å². The number of thioether (sulfide) groups is 1. The van der Waals surface area contributed by atoms with Gasteiger partial charge in [0.1, 0.15) is 15.8 Å². The van der Waals surface area contributed by atoms with Crippen LogP contribution in [0.15, 0.2) is 34.1 Å². The molecule has 1 aliphatic rings. The van der Waals surface area contributed by atoms with Crippen LogP contribution in [0.3, 0.4) is 0 Å². The Hall–Kier alpha value is -2.27. The maximum Gasteiger partial charge on any atom is 0.267 e. The van der Waals surface area contributed by atoms with E-state index in [1.807, 2.05) is 6.92 Å². The lowest BCUT2D eigenvalue weighted by Gasteiger charge is -2.11. The summed E-state index contributed by atoms with van der Waals surface area (Å²) in [7, 11) is 0. The highest BCUT2D eigenvalue weighted by molar-refractivity contribution is 8.26. The van der Waals surface area contributed by atoms with Crippen molar-refractivity contribution < 1.29 is 14.6 Å². The second kappa shape index (κ2) is 9.28. The molecule has 10 heteroatoms. The van der Waals surface area contributed by atoms with E-state index in [1.54, 1.807) is 30.5 Å². The van der Waals surface area contributed by atoms with E-state index in [0.29, 0.717) is 40.4 Å². The topological polar surface area (TPSA) is 96.2 Å². The van der Waals surface area contributed by atoms with Crippen LogP contribution in [0.25, 0.3) is 11.7 Å². The molecule has 2 N–H and O–H groups in total. The molecule has 0 bridgehead atoms. The monoisotopic (exact) mass is 420 g/mol. The van der Waals surface area contributed by atoms with E-state index in [-0.39, 0.29) is 30.2 Å². The zero-order valence-corrected chi connectivity index (χ0v) is 16.9. The number of thiocarbonyl (C=S) groups is 1. The van der Waals surface area contributed by atoms with Gasteiger partial charge in [-0.25, -0.2) is 4.98 Å². The maximum absolute atomic E-state index is 13.0. The first-order chi connectivity index (χ1) is 13.6. The normalized spacial score (nSPS) is 15.8. The number of anilines is 1. The van der Waals surface area contributed by atoms with Crippen molar-refractivity contribution in [3.63, 3.8) is 0 Å². The average Bonchev–Trinajstić information content (AvgIpc) is 2.97. The molecule has 1 saturated heterocycles. The molecule has 3 heterocycles. The number of nitrogens with one attached hydrogen (secondary N) is 1. The van der Waals surface area contributed by atoms with Gasteiger partial charge in [0.05, 0.1) is 30.3 Å². The molecule has 2 aromatic heterocycles. The number of aliphatic hydroxyl groups excluding tert-OH is 1. The van der Waals surface area contributed by atoms with E-state index in [2.05, 4.69) is 10.3 Å².